The van der Waals surface area contributed by atoms with Gasteiger partial charge in [0.2, 0.25) is 5.91 Å². The average Bonchev–Trinajstić information content (AvgIpc) is 2.34. The molecule has 0 aliphatic carbocycles. The minimum atomic E-state index is -0.338. The van der Waals surface area contributed by atoms with Gasteiger partial charge in [0.25, 0.3) is 0 Å². The molecule has 0 N–H and O–H groups in total. The van der Waals surface area contributed by atoms with Gasteiger partial charge in [-0.05, 0) is 45.4 Å². The van der Waals surface area contributed by atoms with Gasteiger partial charge in [0.15, 0.2) is 0 Å². The van der Waals surface area contributed by atoms with Gasteiger partial charge >= 0.3 is 0 Å². The lowest BCUT2D eigenvalue weighted by molar-refractivity contribution is -0.141. The van der Waals surface area contributed by atoms with Crippen LogP contribution in [0.25, 0.3) is 0 Å². The molecule has 0 aliphatic rings. The maximum absolute atomic E-state index is 12.9. The van der Waals surface area contributed by atoms with E-state index < -0.39 is 0 Å². The number of halogens is 1. The number of carbonyl (C=O) groups is 1. The predicted octanol–water partition coefficient (Wildman–Crippen LogP) is 3.16. The minimum Gasteiger partial charge on any atom is -0.366 e. The van der Waals surface area contributed by atoms with Gasteiger partial charge in [-0.1, -0.05) is 12.1 Å². The van der Waals surface area contributed by atoms with Gasteiger partial charge in [-0.2, -0.15) is 0 Å². The molecule has 0 heterocycles. The van der Waals surface area contributed by atoms with Crippen molar-refractivity contribution in [3.8, 4) is 0 Å². The first-order valence-electron chi connectivity index (χ1n) is 6.36. The summed E-state index contributed by atoms with van der Waals surface area (Å²) in [7, 11) is 1.72. The van der Waals surface area contributed by atoms with Crippen molar-refractivity contribution in [3.63, 3.8) is 0 Å². The normalized spacial score (nSPS) is 13.2. The van der Waals surface area contributed by atoms with E-state index in [1.807, 2.05) is 27.7 Å². The van der Waals surface area contributed by atoms with Crippen LogP contribution in [0.15, 0.2) is 24.3 Å². The fourth-order valence-electron chi connectivity index (χ4n) is 1.56. The molecule has 0 aromatic heterocycles. The molecule has 1 amide bonds. The second-order valence-electron chi connectivity index (χ2n) is 5.63. The van der Waals surface area contributed by atoms with Gasteiger partial charge in [0.05, 0.1) is 11.6 Å². The Labute approximate surface area is 114 Å². The molecule has 0 saturated heterocycles. The van der Waals surface area contributed by atoms with Crippen molar-refractivity contribution >= 4 is 5.91 Å². The molecule has 0 radical (unpaired) electrons. The number of likely N-dealkylation sites (N-methyl/N-ethyl adjacent to an activating group) is 1. The third-order valence-corrected chi connectivity index (χ3v) is 2.96. The zero-order valence-corrected chi connectivity index (χ0v) is 12.2. The first kappa shape index (κ1) is 15.6. The van der Waals surface area contributed by atoms with E-state index in [1.54, 1.807) is 24.1 Å². The first-order chi connectivity index (χ1) is 8.70. The first-order valence-corrected chi connectivity index (χ1v) is 6.36. The highest BCUT2D eigenvalue weighted by Crippen LogP contribution is 2.19. The summed E-state index contributed by atoms with van der Waals surface area (Å²) in [5, 5.41) is 0. The Balaban J connectivity index is 2.63. The highest BCUT2D eigenvalue weighted by atomic mass is 19.1. The van der Waals surface area contributed by atoms with Crippen LogP contribution in [-0.2, 0) is 9.53 Å². The molecule has 1 rings (SSSR count). The lowest BCUT2D eigenvalue weighted by Crippen LogP contribution is -2.35. The van der Waals surface area contributed by atoms with Crippen molar-refractivity contribution in [2.45, 2.75) is 39.3 Å². The van der Waals surface area contributed by atoms with E-state index in [-0.39, 0.29) is 30.0 Å². The van der Waals surface area contributed by atoms with Crippen molar-refractivity contribution in [2.75, 3.05) is 13.7 Å². The fraction of sp³-hybridized carbons (Fsp3) is 0.533. The largest absolute Gasteiger partial charge is 0.366 e. The predicted molar refractivity (Wildman–Crippen MR) is 73.3 cm³/mol. The second-order valence-corrected chi connectivity index (χ2v) is 5.63. The number of nitrogens with zero attached hydrogens (tertiary/aromatic N) is 1. The maximum atomic E-state index is 12.9. The van der Waals surface area contributed by atoms with Crippen molar-refractivity contribution in [1.82, 2.24) is 4.90 Å². The number of hydrogen-bond donors (Lipinski definition) is 0. The Morgan fingerprint density at radius 2 is 1.84 bits per heavy atom. The summed E-state index contributed by atoms with van der Waals surface area (Å²) in [5.41, 5.74) is 0.559. The van der Waals surface area contributed by atoms with Crippen LogP contribution in [0.3, 0.4) is 0 Å². The van der Waals surface area contributed by atoms with E-state index in [0.29, 0.717) is 0 Å². The van der Waals surface area contributed by atoms with Crippen LogP contribution >= 0.6 is 0 Å². The molecule has 3 nitrogen and oxygen atoms in total. The Morgan fingerprint density at radius 1 is 1.32 bits per heavy atom. The van der Waals surface area contributed by atoms with Gasteiger partial charge in [0, 0.05) is 7.05 Å². The number of amides is 1. The molecule has 1 unspecified atom stereocenters. The van der Waals surface area contributed by atoms with E-state index in [9.17, 15) is 9.18 Å². The van der Waals surface area contributed by atoms with Gasteiger partial charge in [-0.15, -0.1) is 0 Å². The van der Waals surface area contributed by atoms with E-state index in [1.165, 1.54) is 12.1 Å². The topological polar surface area (TPSA) is 29.5 Å². The Morgan fingerprint density at radius 3 is 2.32 bits per heavy atom. The van der Waals surface area contributed by atoms with E-state index in [2.05, 4.69) is 0 Å². The summed E-state index contributed by atoms with van der Waals surface area (Å²) in [6.07, 6.45) is 0. The molecule has 1 aromatic carbocycles. The summed E-state index contributed by atoms with van der Waals surface area (Å²) in [6.45, 7) is 7.67. The van der Waals surface area contributed by atoms with Crippen molar-refractivity contribution in [2.24, 2.45) is 0 Å². The third-order valence-electron chi connectivity index (χ3n) is 2.96. The molecular weight excluding hydrogens is 245 g/mol. The lowest BCUT2D eigenvalue weighted by atomic mass is 10.1. The van der Waals surface area contributed by atoms with Gasteiger partial charge in [0.1, 0.15) is 12.4 Å². The summed E-state index contributed by atoms with van der Waals surface area (Å²) in [4.78, 5) is 13.6. The van der Waals surface area contributed by atoms with Crippen LogP contribution in [-0.4, -0.2) is 30.1 Å². The highest BCUT2D eigenvalue weighted by Gasteiger charge is 2.20. The van der Waals surface area contributed by atoms with E-state index in [0.717, 1.165) is 5.56 Å². The molecule has 1 atom stereocenters. The highest BCUT2D eigenvalue weighted by molar-refractivity contribution is 5.77. The summed E-state index contributed by atoms with van der Waals surface area (Å²) < 4.78 is 18.3. The molecule has 19 heavy (non-hydrogen) atoms. The standard InChI is InChI=1S/C15H22FNO2/c1-11(12-6-8-13(16)9-7-12)17(5)14(18)10-19-15(2,3)4/h6-9,11H,10H2,1-5H3. The Hall–Kier alpha value is -1.42. The van der Waals surface area contributed by atoms with Crippen LogP contribution in [0.2, 0.25) is 0 Å². The monoisotopic (exact) mass is 267 g/mol. The van der Waals surface area contributed by atoms with Gasteiger partial charge < -0.3 is 9.64 Å². The smallest absolute Gasteiger partial charge is 0.248 e. The van der Waals surface area contributed by atoms with Gasteiger partial charge in [-0.3, -0.25) is 4.79 Å². The molecule has 106 valence electrons. The fourth-order valence-corrected chi connectivity index (χ4v) is 1.56. The quantitative estimate of drug-likeness (QED) is 0.838. The molecule has 0 saturated carbocycles. The van der Waals surface area contributed by atoms with E-state index in [4.69, 9.17) is 4.74 Å². The second kappa shape index (κ2) is 6.15. The zero-order valence-electron chi connectivity index (χ0n) is 12.2. The van der Waals surface area contributed by atoms with Crippen LogP contribution in [0.1, 0.15) is 39.3 Å². The van der Waals surface area contributed by atoms with Crippen molar-refractivity contribution < 1.29 is 13.9 Å². The maximum Gasteiger partial charge on any atom is 0.248 e. The average molecular weight is 267 g/mol. The molecule has 4 heteroatoms. The molecule has 0 aliphatic heterocycles. The molecule has 1 aromatic rings. The number of benzene rings is 1. The lowest BCUT2D eigenvalue weighted by Gasteiger charge is -2.27. The number of ether oxygens (including phenoxy) is 1. The summed E-state index contributed by atoms with van der Waals surface area (Å²) >= 11 is 0. The minimum absolute atomic E-state index is 0.0472. The number of hydrogen-bond acceptors (Lipinski definition) is 2. The number of carbonyl (C=O) groups excluding carboxylic acids is 1. The SMILES string of the molecule is CC(c1ccc(F)cc1)N(C)C(=O)COC(C)(C)C. The zero-order chi connectivity index (χ0) is 14.6. The molecule has 0 spiro atoms. The van der Waals surface area contributed by atoms with Gasteiger partial charge in [-0.25, -0.2) is 4.39 Å². The summed E-state index contributed by atoms with van der Waals surface area (Å²) in [6, 6.07) is 6.06. The summed E-state index contributed by atoms with van der Waals surface area (Å²) in [5.74, 6) is -0.368. The van der Waals surface area contributed by atoms with Crippen LogP contribution < -0.4 is 0 Å². The molecule has 0 bridgehead atoms. The molecule has 0 fully saturated rings. The Bertz CT molecular complexity index is 423. The van der Waals surface area contributed by atoms with E-state index >= 15 is 0 Å². The Kier molecular flexibility index (Phi) is 5.06. The third kappa shape index (κ3) is 4.99. The number of rotatable bonds is 4. The van der Waals surface area contributed by atoms with Crippen molar-refractivity contribution in [1.29, 1.82) is 0 Å². The van der Waals surface area contributed by atoms with Crippen LogP contribution in [0, 0.1) is 5.82 Å². The van der Waals surface area contributed by atoms with Crippen LogP contribution in [0.4, 0.5) is 4.39 Å². The molecular formula is C15H22FNO2. The van der Waals surface area contributed by atoms with Crippen molar-refractivity contribution in [3.05, 3.63) is 35.6 Å². The van der Waals surface area contributed by atoms with Crippen LogP contribution in [0.5, 0.6) is 0 Å².